The second-order valence-electron chi connectivity index (χ2n) is 10.8. The van der Waals surface area contributed by atoms with E-state index >= 15 is 0 Å². The van der Waals surface area contributed by atoms with Crippen LogP contribution in [0.5, 0.6) is 0 Å². The average Bonchev–Trinajstić information content (AvgIpc) is 3.55. The number of nitrogens with zero attached hydrogens (tertiary/aromatic N) is 2. The highest BCUT2D eigenvalue weighted by molar-refractivity contribution is 8.13. The van der Waals surface area contributed by atoms with E-state index in [-0.39, 0.29) is 35.1 Å². The molecule has 0 unspecified atom stereocenters. The summed E-state index contributed by atoms with van der Waals surface area (Å²) in [7, 11) is 0. The zero-order valence-corrected chi connectivity index (χ0v) is 23.3. The van der Waals surface area contributed by atoms with E-state index in [4.69, 9.17) is 21.6 Å². The number of fused-ring (bicyclic) bond motifs is 1. The van der Waals surface area contributed by atoms with Crippen molar-refractivity contribution in [3.05, 3.63) is 58.3 Å². The zero-order chi connectivity index (χ0) is 27.4. The number of aromatic amines is 1. The van der Waals surface area contributed by atoms with Crippen LogP contribution in [0.4, 0.5) is 0 Å². The molecule has 2 aliphatic rings. The highest BCUT2D eigenvalue weighted by atomic mass is 32.2. The van der Waals surface area contributed by atoms with Crippen molar-refractivity contribution in [1.82, 2.24) is 25.2 Å². The van der Waals surface area contributed by atoms with E-state index in [1.54, 1.807) is 4.57 Å². The van der Waals surface area contributed by atoms with E-state index in [0.29, 0.717) is 18.3 Å². The maximum atomic E-state index is 12.9. The number of hydrogen-bond acceptors (Lipinski definition) is 8. The smallest absolute Gasteiger partial charge is 0.354 e. The normalized spacial score (nSPS) is 24.3. The number of hydrogen-bond donors (Lipinski definition) is 6. The van der Waals surface area contributed by atoms with Crippen LogP contribution in [-0.4, -0.2) is 56.8 Å². The van der Waals surface area contributed by atoms with Crippen LogP contribution < -0.4 is 27.8 Å². The summed E-state index contributed by atoms with van der Waals surface area (Å²) in [5.41, 5.74) is 14.6. The Morgan fingerprint density at radius 3 is 2.87 bits per heavy atom. The first kappa shape index (κ1) is 27.9. The fourth-order valence-electron chi connectivity index (χ4n) is 5.56. The van der Waals surface area contributed by atoms with Gasteiger partial charge in [0, 0.05) is 60.3 Å². The minimum Gasteiger partial charge on any atom is -0.379 e. The third kappa shape index (κ3) is 7.09. The van der Waals surface area contributed by atoms with Crippen molar-refractivity contribution in [2.75, 3.05) is 18.9 Å². The molecule has 0 bridgehead atoms. The van der Waals surface area contributed by atoms with Crippen molar-refractivity contribution in [1.29, 1.82) is 5.41 Å². The molecule has 210 valence electrons. The van der Waals surface area contributed by atoms with Gasteiger partial charge in [-0.15, -0.1) is 0 Å². The van der Waals surface area contributed by atoms with Gasteiger partial charge in [0.05, 0.1) is 11.8 Å². The van der Waals surface area contributed by atoms with Crippen LogP contribution in [0.25, 0.3) is 16.7 Å². The number of aromatic nitrogens is 3. The van der Waals surface area contributed by atoms with Gasteiger partial charge in [-0.1, -0.05) is 30.3 Å². The molecule has 2 fully saturated rings. The first-order valence-electron chi connectivity index (χ1n) is 13.9. The molecule has 8 N–H and O–H groups in total. The van der Waals surface area contributed by atoms with Gasteiger partial charge >= 0.3 is 5.69 Å². The second kappa shape index (κ2) is 12.6. The van der Waals surface area contributed by atoms with Gasteiger partial charge in [0.2, 0.25) is 0 Å². The first-order valence-corrected chi connectivity index (χ1v) is 14.9. The van der Waals surface area contributed by atoms with Gasteiger partial charge in [-0.25, -0.2) is 4.79 Å². The largest absolute Gasteiger partial charge is 0.379 e. The molecule has 5 atom stereocenters. The van der Waals surface area contributed by atoms with E-state index in [2.05, 4.69) is 38.8 Å². The molecule has 1 aromatic carbocycles. The van der Waals surface area contributed by atoms with Crippen LogP contribution in [0.1, 0.15) is 68.8 Å². The van der Waals surface area contributed by atoms with Crippen molar-refractivity contribution in [3.8, 4) is 5.69 Å². The number of amidine groups is 1. The van der Waals surface area contributed by atoms with Crippen LogP contribution in [0, 0.1) is 5.41 Å². The van der Waals surface area contributed by atoms with Crippen molar-refractivity contribution in [2.24, 2.45) is 11.5 Å². The Labute approximate surface area is 233 Å². The molecule has 11 heteroatoms. The van der Waals surface area contributed by atoms with Gasteiger partial charge in [0.1, 0.15) is 5.65 Å². The monoisotopic (exact) mass is 552 g/mol. The van der Waals surface area contributed by atoms with E-state index in [9.17, 15) is 4.79 Å². The summed E-state index contributed by atoms with van der Waals surface area (Å²) >= 11 is 1.40. The Morgan fingerprint density at radius 2 is 2.10 bits per heavy atom. The van der Waals surface area contributed by atoms with Gasteiger partial charge in [0.25, 0.3) is 0 Å². The fraction of sp³-hybridized carbons (Fsp3) is 0.536. The second-order valence-corrected chi connectivity index (χ2v) is 12.0. The van der Waals surface area contributed by atoms with E-state index in [0.717, 1.165) is 61.2 Å². The lowest BCUT2D eigenvalue weighted by atomic mass is 9.92. The summed E-state index contributed by atoms with van der Waals surface area (Å²) in [4.78, 5) is 20.6. The average molecular weight is 553 g/mol. The molecule has 2 aromatic heterocycles. The molecule has 2 saturated heterocycles. The molecule has 0 radical (unpaired) electrons. The molecule has 0 amide bonds. The summed E-state index contributed by atoms with van der Waals surface area (Å²) in [6.45, 7) is 3.45. The fourth-order valence-corrected chi connectivity index (χ4v) is 6.19. The zero-order valence-electron chi connectivity index (χ0n) is 22.5. The number of thioether (sulfide) groups is 1. The molecular formula is C28H40N8O2S. The standard InChI is InChI=1S/C28H40N8O2S/c1-17(29)9-11-38-22-14-24(32-15-22)25-13-19-16-36(28(37)35-26(19)34-25)21-7-5-18(6-8-21)23-4-2-3-20(33-23)10-12-39-27(30)31/h5-8,13,16-17,20,22-24,32-33H,2-4,9-12,14-15,29H2,1H3,(H3,30,31)(H,34,35,37)/t17-,20-,22+,23-,24-/m0/s1. The summed E-state index contributed by atoms with van der Waals surface area (Å²) in [5.74, 6) is 0.858. The van der Waals surface area contributed by atoms with Gasteiger partial charge in [0.15, 0.2) is 5.17 Å². The molecule has 5 rings (SSSR count). The topological polar surface area (TPSA) is 160 Å². The van der Waals surface area contributed by atoms with Crippen molar-refractivity contribution < 1.29 is 4.74 Å². The van der Waals surface area contributed by atoms with Crippen molar-refractivity contribution >= 4 is 28.0 Å². The molecule has 0 aliphatic carbocycles. The molecule has 0 saturated carbocycles. The lowest BCUT2D eigenvalue weighted by Gasteiger charge is -2.31. The van der Waals surface area contributed by atoms with Crippen LogP contribution in [0.2, 0.25) is 0 Å². The highest BCUT2D eigenvalue weighted by Gasteiger charge is 2.27. The van der Waals surface area contributed by atoms with Crippen LogP contribution in [0.3, 0.4) is 0 Å². The maximum Gasteiger partial charge on any atom is 0.354 e. The number of nitrogens with two attached hydrogens (primary N) is 2. The molecule has 10 nitrogen and oxygen atoms in total. The lowest BCUT2D eigenvalue weighted by Crippen LogP contribution is -2.37. The number of piperidine rings is 1. The minimum atomic E-state index is -0.307. The number of ether oxygens (including phenoxy) is 1. The van der Waals surface area contributed by atoms with Gasteiger partial charge in [-0.2, -0.15) is 4.98 Å². The van der Waals surface area contributed by atoms with Crippen LogP contribution >= 0.6 is 11.8 Å². The number of nitrogens with one attached hydrogen (secondary N) is 4. The summed E-state index contributed by atoms with van der Waals surface area (Å²) in [6, 6.07) is 11.3. The first-order chi connectivity index (χ1) is 18.9. The highest BCUT2D eigenvalue weighted by Crippen LogP contribution is 2.29. The van der Waals surface area contributed by atoms with E-state index < -0.39 is 0 Å². The third-order valence-corrected chi connectivity index (χ3v) is 8.45. The van der Waals surface area contributed by atoms with Gasteiger partial charge in [-0.05, 0) is 62.8 Å². The quantitative estimate of drug-likeness (QED) is 0.165. The molecular weight excluding hydrogens is 512 g/mol. The van der Waals surface area contributed by atoms with E-state index in [1.165, 1.54) is 23.7 Å². The Morgan fingerprint density at radius 1 is 1.28 bits per heavy atom. The number of benzene rings is 1. The summed E-state index contributed by atoms with van der Waals surface area (Å²) in [6.07, 6.45) is 8.13. The van der Waals surface area contributed by atoms with Crippen molar-refractivity contribution in [3.63, 3.8) is 0 Å². The molecule has 39 heavy (non-hydrogen) atoms. The van der Waals surface area contributed by atoms with Gasteiger partial charge < -0.3 is 31.8 Å². The number of H-pyrrole nitrogens is 1. The predicted octanol–water partition coefficient (Wildman–Crippen LogP) is 3.07. The Kier molecular flexibility index (Phi) is 9.03. The number of rotatable bonds is 10. The summed E-state index contributed by atoms with van der Waals surface area (Å²) < 4.78 is 7.59. The Bertz CT molecular complexity index is 1320. The predicted molar refractivity (Wildman–Crippen MR) is 158 cm³/mol. The van der Waals surface area contributed by atoms with Gasteiger partial charge in [-0.3, -0.25) is 9.98 Å². The summed E-state index contributed by atoms with van der Waals surface area (Å²) in [5, 5.41) is 15.7. The molecule has 4 heterocycles. The van der Waals surface area contributed by atoms with Crippen molar-refractivity contribution in [2.45, 2.75) is 75.7 Å². The van der Waals surface area contributed by atoms with Crippen LogP contribution in [-0.2, 0) is 4.74 Å². The lowest BCUT2D eigenvalue weighted by molar-refractivity contribution is 0.0613. The van der Waals surface area contributed by atoms with E-state index in [1.807, 2.05) is 25.3 Å². The Balaban J connectivity index is 1.24. The maximum absolute atomic E-state index is 12.9. The molecule has 3 aromatic rings. The molecule has 2 aliphatic heterocycles. The third-order valence-electron chi connectivity index (χ3n) is 7.70. The molecule has 0 spiro atoms. The SMILES string of the molecule is C[C@H](N)CCO[C@H]1CN[C@H](c2cc3cn(-c4ccc([C@@H]5CCC[C@@H](CCSC(=N)N)N5)cc4)c(=O)nc3[nH]2)C1. The van der Waals surface area contributed by atoms with Crippen LogP contribution in [0.15, 0.2) is 41.3 Å². The Hall–Kier alpha value is -2.70. The minimum absolute atomic E-state index is 0.134.